The predicted octanol–water partition coefficient (Wildman–Crippen LogP) is 1.20. The van der Waals surface area contributed by atoms with Crippen LogP contribution in [0.4, 0.5) is 0 Å². The van der Waals surface area contributed by atoms with Crippen LogP contribution in [-0.4, -0.2) is 37.6 Å². The summed E-state index contributed by atoms with van der Waals surface area (Å²) in [5, 5.41) is 5.28. The Labute approximate surface area is 125 Å². The van der Waals surface area contributed by atoms with Gasteiger partial charge in [-0.15, -0.1) is 0 Å². The van der Waals surface area contributed by atoms with E-state index in [-0.39, 0.29) is 12.0 Å². The standard InChI is InChI=1S/C16H22N2O3/c1-12(13-6-3-2-4-7-13)10-17-15(19)16(20)18-11-14-8-5-9-21-14/h2-4,6-7,12,14H,5,8-11H2,1H3,(H,17,19)(H,18,20)/t12-,14-/m1/s1. The molecule has 1 heterocycles. The van der Waals surface area contributed by atoms with Gasteiger partial charge in [0, 0.05) is 19.7 Å². The van der Waals surface area contributed by atoms with Gasteiger partial charge < -0.3 is 15.4 Å². The van der Waals surface area contributed by atoms with Gasteiger partial charge in [-0.2, -0.15) is 0 Å². The average molecular weight is 290 g/mol. The van der Waals surface area contributed by atoms with E-state index in [1.54, 1.807) is 0 Å². The number of hydrogen-bond acceptors (Lipinski definition) is 3. The lowest BCUT2D eigenvalue weighted by Gasteiger charge is -2.14. The van der Waals surface area contributed by atoms with E-state index in [0.29, 0.717) is 13.1 Å². The van der Waals surface area contributed by atoms with Crippen molar-refractivity contribution in [2.75, 3.05) is 19.7 Å². The molecule has 0 bridgehead atoms. The molecule has 5 heteroatoms. The molecule has 1 saturated heterocycles. The molecule has 2 N–H and O–H groups in total. The number of benzene rings is 1. The SMILES string of the molecule is C[C@H](CNC(=O)C(=O)NC[C@H]1CCCO1)c1ccccc1. The zero-order chi connectivity index (χ0) is 15.1. The summed E-state index contributed by atoms with van der Waals surface area (Å²) in [6, 6.07) is 9.89. The second-order valence-electron chi connectivity index (χ2n) is 5.37. The van der Waals surface area contributed by atoms with Crippen molar-refractivity contribution in [3.8, 4) is 0 Å². The van der Waals surface area contributed by atoms with Gasteiger partial charge in [-0.1, -0.05) is 37.3 Å². The molecule has 0 spiro atoms. The van der Waals surface area contributed by atoms with Gasteiger partial charge in [0.15, 0.2) is 0 Å². The molecule has 1 aromatic rings. The summed E-state index contributed by atoms with van der Waals surface area (Å²) < 4.78 is 5.39. The monoisotopic (exact) mass is 290 g/mol. The number of ether oxygens (including phenoxy) is 1. The predicted molar refractivity (Wildman–Crippen MR) is 79.9 cm³/mol. The molecule has 21 heavy (non-hydrogen) atoms. The van der Waals surface area contributed by atoms with Crippen LogP contribution in [0.2, 0.25) is 0 Å². The van der Waals surface area contributed by atoms with E-state index < -0.39 is 11.8 Å². The fraction of sp³-hybridized carbons (Fsp3) is 0.500. The Morgan fingerprint density at radius 1 is 1.24 bits per heavy atom. The third-order valence-corrected chi connectivity index (χ3v) is 3.66. The minimum atomic E-state index is -0.592. The highest BCUT2D eigenvalue weighted by molar-refractivity contribution is 6.35. The number of hydrogen-bond donors (Lipinski definition) is 2. The van der Waals surface area contributed by atoms with E-state index >= 15 is 0 Å². The Hall–Kier alpha value is -1.88. The molecule has 1 aromatic carbocycles. The number of amides is 2. The minimum absolute atomic E-state index is 0.0463. The summed E-state index contributed by atoms with van der Waals surface area (Å²) in [5.41, 5.74) is 1.14. The van der Waals surface area contributed by atoms with Crippen molar-refractivity contribution in [1.29, 1.82) is 0 Å². The van der Waals surface area contributed by atoms with Crippen LogP contribution >= 0.6 is 0 Å². The van der Waals surface area contributed by atoms with Gasteiger partial charge >= 0.3 is 11.8 Å². The van der Waals surface area contributed by atoms with Crippen molar-refractivity contribution in [1.82, 2.24) is 10.6 Å². The number of carbonyl (C=O) groups excluding carboxylic acids is 2. The maximum atomic E-state index is 11.7. The van der Waals surface area contributed by atoms with Crippen LogP contribution in [0, 0.1) is 0 Å². The molecular formula is C16H22N2O3. The van der Waals surface area contributed by atoms with Crippen molar-refractivity contribution in [2.45, 2.75) is 31.8 Å². The van der Waals surface area contributed by atoms with Gasteiger partial charge in [0.1, 0.15) is 0 Å². The fourth-order valence-electron chi connectivity index (χ4n) is 2.32. The van der Waals surface area contributed by atoms with Crippen LogP contribution in [0.25, 0.3) is 0 Å². The Morgan fingerprint density at radius 3 is 2.62 bits per heavy atom. The summed E-state index contributed by atoms with van der Waals surface area (Å²) in [5.74, 6) is -1.01. The van der Waals surface area contributed by atoms with E-state index in [4.69, 9.17) is 4.74 Å². The highest BCUT2D eigenvalue weighted by atomic mass is 16.5. The van der Waals surface area contributed by atoms with Gasteiger partial charge in [0.05, 0.1) is 6.10 Å². The van der Waals surface area contributed by atoms with E-state index in [1.165, 1.54) is 0 Å². The first kappa shape index (κ1) is 15.5. The normalized spacial score (nSPS) is 19.0. The van der Waals surface area contributed by atoms with Crippen molar-refractivity contribution in [3.63, 3.8) is 0 Å². The van der Waals surface area contributed by atoms with Gasteiger partial charge in [0.25, 0.3) is 0 Å². The topological polar surface area (TPSA) is 67.4 Å². The molecule has 2 amide bonds. The van der Waals surface area contributed by atoms with Crippen LogP contribution in [0.1, 0.15) is 31.2 Å². The highest BCUT2D eigenvalue weighted by Crippen LogP contribution is 2.13. The van der Waals surface area contributed by atoms with Gasteiger partial charge in [-0.05, 0) is 24.3 Å². The first-order chi connectivity index (χ1) is 10.2. The van der Waals surface area contributed by atoms with Crippen molar-refractivity contribution >= 4 is 11.8 Å². The van der Waals surface area contributed by atoms with Gasteiger partial charge in [-0.3, -0.25) is 9.59 Å². The molecule has 114 valence electrons. The molecule has 5 nitrogen and oxygen atoms in total. The molecule has 2 atom stereocenters. The zero-order valence-electron chi connectivity index (χ0n) is 12.3. The van der Waals surface area contributed by atoms with Crippen molar-refractivity contribution < 1.29 is 14.3 Å². The molecule has 0 aromatic heterocycles. The minimum Gasteiger partial charge on any atom is -0.376 e. The van der Waals surface area contributed by atoms with Crippen LogP contribution in [0.3, 0.4) is 0 Å². The Bertz CT molecular complexity index is 470. The zero-order valence-corrected chi connectivity index (χ0v) is 12.3. The Morgan fingerprint density at radius 2 is 1.95 bits per heavy atom. The highest BCUT2D eigenvalue weighted by Gasteiger charge is 2.19. The maximum absolute atomic E-state index is 11.7. The lowest BCUT2D eigenvalue weighted by Crippen LogP contribution is -2.43. The molecule has 0 aliphatic carbocycles. The van der Waals surface area contributed by atoms with E-state index in [9.17, 15) is 9.59 Å². The summed E-state index contributed by atoms with van der Waals surface area (Å²) in [4.78, 5) is 23.4. The molecule has 1 aliphatic rings. The first-order valence-electron chi connectivity index (χ1n) is 7.39. The van der Waals surface area contributed by atoms with Gasteiger partial charge in [0.2, 0.25) is 0 Å². The Balaban J connectivity index is 1.69. The summed E-state index contributed by atoms with van der Waals surface area (Å²) in [6.07, 6.45) is 2.00. The second-order valence-corrected chi connectivity index (χ2v) is 5.37. The first-order valence-corrected chi connectivity index (χ1v) is 7.39. The molecule has 0 unspecified atom stereocenters. The second kappa shape index (κ2) is 7.78. The quantitative estimate of drug-likeness (QED) is 0.801. The molecule has 0 radical (unpaired) electrons. The maximum Gasteiger partial charge on any atom is 0.309 e. The molecule has 2 rings (SSSR count). The smallest absolute Gasteiger partial charge is 0.309 e. The molecule has 1 aliphatic heterocycles. The third-order valence-electron chi connectivity index (χ3n) is 3.66. The largest absolute Gasteiger partial charge is 0.376 e. The van der Waals surface area contributed by atoms with E-state index in [0.717, 1.165) is 25.0 Å². The molecule has 0 saturated carbocycles. The summed E-state index contributed by atoms with van der Waals surface area (Å²) in [7, 11) is 0. The number of rotatable bonds is 5. The van der Waals surface area contributed by atoms with Crippen LogP contribution in [0.15, 0.2) is 30.3 Å². The third kappa shape index (κ3) is 4.86. The van der Waals surface area contributed by atoms with Crippen LogP contribution in [-0.2, 0) is 14.3 Å². The average Bonchev–Trinajstić information content (AvgIpc) is 3.04. The van der Waals surface area contributed by atoms with Crippen molar-refractivity contribution in [3.05, 3.63) is 35.9 Å². The molecule has 1 fully saturated rings. The van der Waals surface area contributed by atoms with Gasteiger partial charge in [-0.25, -0.2) is 0 Å². The van der Waals surface area contributed by atoms with E-state index in [2.05, 4.69) is 10.6 Å². The van der Waals surface area contributed by atoms with E-state index in [1.807, 2.05) is 37.3 Å². The van der Waals surface area contributed by atoms with Crippen molar-refractivity contribution in [2.24, 2.45) is 0 Å². The summed E-state index contributed by atoms with van der Waals surface area (Å²) in [6.45, 7) is 3.60. The lowest BCUT2D eigenvalue weighted by molar-refractivity contribution is -0.139. The fourth-order valence-corrected chi connectivity index (χ4v) is 2.32. The number of carbonyl (C=O) groups is 2. The summed E-state index contributed by atoms with van der Waals surface area (Å²) >= 11 is 0. The lowest BCUT2D eigenvalue weighted by atomic mass is 10.0. The molecular weight excluding hydrogens is 268 g/mol. The Kier molecular flexibility index (Phi) is 5.75. The van der Waals surface area contributed by atoms with Crippen LogP contribution < -0.4 is 10.6 Å². The number of nitrogens with one attached hydrogen (secondary N) is 2. The van der Waals surface area contributed by atoms with Crippen LogP contribution in [0.5, 0.6) is 0 Å².